The number of amides is 1. The molecular formula is C26H33N9O2. The van der Waals surface area contributed by atoms with E-state index in [2.05, 4.69) is 32.1 Å². The maximum atomic E-state index is 13.0. The number of nitrogens with one attached hydrogen (secondary N) is 3. The van der Waals surface area contributed by atoms with E-state index in [1.54, 1.807) is 6.08 Å². The zero-order valence-corrected chi connectivity index (χ0v) is 21.1. The van der Waals surface area contributed by atoms with Gasteiger partial charge in [0.05, 0.1) is 6.54 Å². The molecule has 1 fully saturated rings. The quantitative estimate of drug-likeness (QED) is 0.160. The van der Waals surface area contributed by atoms with Gasteiger partial charge >= 0.3 is 0 Å². The first-order chi connectivity index (χ1) is 17.8. The number of benzene rings is 1. The molecule has 1 saturated heterocycles. The molecule has 2 aromatic heterocycles. The van der Waals surface area contributed by atoms with E-state index in [0.29, 0.717) is 0 Å². The summed E-state index contributed by atoms with van der Waals surface area (Å²) in [6, 6.07) is 8.22. The molecule has 0 unspecified atom stereocenters. The van der Waals surface area contributed by atoms with Gasteiger partial charge in [-0.3, -0.25) is 15.0 Å². The van der Waals surface area contributed by atoms with E-state index in [1.165, 1.54) is 27.7 Å². The molecule has 5 N–H and O–H groups in total. The molecule has 4 rings (SSSR count). The van der Waals surface area contributed by atoms with Crippen LogP contribution in [0, 0.1) is 5.41 Å². The number of hydrogen-bond donors (Lipinski definition) is 4. The van der Waals surface area contributed by atoms with Gasteiger partial charge in [-0.05, 0) is 57.0 Å². The fraction of sp³-hybridized carbons (Fsp3) is 0.346. The fourth-order valence-corrected chi connectivity index (χ4v) is 4.22. The molecule has 3 aromatic rings. The summed E-state index contributed by atoms with van der Waals surface area (Å²) in [4.78, 5) is 36.2. The third-order valence-corrected chi connectivity index (χ3v) is 6.06. The second-order valence-corrected chi connectivity index (χ2v) is 9.30. The predicted octanol–water partition coefficient (Wildman–Crippen LogP) is 2.36. The standard InChI is InChI=1S/C26H33N9O2/c1-4-13-34-25(37)21-16-29-26(32-24(21)35(34)22(28)9-10-23(36)30-17(2)3)31-19-5-7-20(8-6-19)33-14-11-18(27)12-15-33/h4-10,16-18,28H,1,11-15,27H2,2-3H3,(H,30,36)(H,29,31,32)/b10-9-,28-22?. The summed E-state index contributed by atoms with van der Waals surface area (Å²) in [5.41, 5.74) is 7.84. The summed E-state index contributed by atoms with van der Waals surface area (Å²) in [6.07, 6.45) is 7.55. The normalized spacial score (nSPS) is 14.4. The first kappa shape index (κ1) is 25.8. The zero-order chi connectivity index (χ0) is 26.5. The molecular weight excluding hydrogens is 470 g/mol. The second-order valence-electron chi connectivity index (χ2n) is 9.30. The Labute approximate surface area is 215 Å². The van der Waals surface area contributed by atoms with Crippen LogP contribution in [0.25, 0.3) is 11.0 Å². The first-order valence-corrected chi connectivity index (χ1v) is 12.3. The van der Waals surface area contributed by atoms with Crippen LogP contribution >= 0.6 is 0 Å². The van der Waals surface area contributed by atoms with E-state index in [-0.39, 0.29) is 52.9 Å². The lowest BCUT2D eigenvalue weighted by Gasteiger charge is -2.32. The Balaban J connectivity index is 1.60. The monoisotopic (exact) mass is 503 g/mol. The van der Waals surface area contributed by atoms with Gasteiger partial charge in [-0.1, -0.05) is 6.08 Å². The minimum atomic E-state index is -0.350. The smallest absolute Gasteiger partial charge is 0.278 e. The van der Waals surface area contributed by atoms with Gasteiger partial charge in [0.25, 0.3) is 5.56 Å². The minimum Gasteiger partial charge on any atom is -0.371 e. The lowest BCUT2D eigenvalue weighted by Crippen LogP contribution is -2.39. The Bertz CT molecular complexity index is 1380. The molecule has 0 atom stereocenters. The van der Waals surface area contributed by atoms with E-state index in [9.17, 15) is 9.59 Å². The highest BCUT2D eigenvalue weighted by Crippen LogP contribution is 2.23. The Morgan fingerprint density at radius 1 is 1.24 bits per heavy atom. The van der Waals surface area contributed by atoms with Crippen molar-refractivity contribution < 1.29 is 4.79 Å². The number of anilines is 3. The highest BCUT2D eigenvalue weighted by molar-refractivity contribution is 6.01. The summed E-state index contributed by atoms with van der Waals surface area (Å²) in [7, 11) is 0. The van der Waals surface area contributed by atoms with Gasteiger partial charge in [0, 0.05) is 48.8 Å². The van der Waals surface area contributed by atoms with E-state index < -0.39 is 0 Å². The molecule has 3 heterocycles. The Morgan fingerprint density at radius 2 is 1.95 bits per heavy atom. The van der Waals surface area contributed by atoms with Gasteiger partial charge in [0.1, 0.15) is 11.2 Å². The Kier molecular flexibility index (Phi) is 7.83. The van der Waals surface area contributed by atoms with Crippen molar-refractivity contribution in [3.05, 3.63) is 65.6 Å². The molecule has 0 bridgehead atoms. The number of fused-ring (bicyclic) bond motifs is 1. The average molecular weight is 504 g/mol. The molecule has 194 valence electrons. The number of nitrogens with two attached hydrogens (primary N) is 1. The number of allylic oxidation sites excluding steroid dienone is 2. The molecule has 0 spiro atoms. The number of rotatable bonds is 8. The highest BCUT2D eigenvalue weighted by atomic mass is 16.1. The molecule has 0 saturated carbocycles. The van der Waals surface area contributed by atoms with Crippen molar-refractivity contribution in [2.75, 3.05) is 23.3 Å². The van der Waals surface area contributed by atoms with E-state index >= 15 is 0 Å². The number of hydrogen-bond acceptors (Lipinski definition) is 8. The van der Waals surface area contributed by atoms with Crippen LogP contribution in [0.15, 0.2) is 60.1 Å². The van der Waals surface area contributed by atoms with Crippen molar-refractivity contribution in [1.82, 2.24) is 24.6 Å². The first-order valence-electron chi connectivity index (χ1n) is 12.3. The molecule has 11 nitrogen and oxygen atoms in total. The largest absolute Gasteiger partial charge is 0.371 e. The summed E-state index contributed by atoms with van der Waals surface area (Å²) in [5.74, 6) is -0.146. The van der Waals surface area contributed by atoms with Gasteiger partial charge < -0.3 is 21.3 Å². The minimum absolute atomic E-state index is 0.0359. The van der Waals surface area contributed by atoms with Crippen molar-refractivity contribution in [2.24, 2.45) is 5.73 Å². The second kappa shape index (κ2) is 11.2. The van der Waals surface area contributed by atoms with Crippen LogP contribution < -0.4 is 26.8 Å². The van der Waals surface area contributed by atoms with Crippen molar-refractivity contribution in [3.8, 4) is 0 Å². The zero-order valence-electron chi connectivity index (χ0n) is 21.1. The van der Waals surface area contributed by atoms with Gasteiger partial charge in [-0.25, -0.2) is 14.3 Å². The molecule has 1 aliphatic heterocycles. The number of carbonyl (C=O) groups is 1. The third-order valence-electron chi connectivity index (χ3n) is 6.06. The predicted molar refractivity (Wildman–Crippen MR) is 147 cm³/mol. The van der Waals surface area contributed by atoms with Crippen LogP contribution in [-0.2, 0) is 11.3 Å². The van der Waals surface area contributed by atoms with E-state index in [4.69, 9.17) is 11.1 Å². The van der Waals surface area contributed by atoms with Crippen molar-refractivity contribution in [1.29, 1.82) is 5.41 Å². The highest BCUT2D eigenvalue weighted by Gasteiger charge is 2.19. The van der Waals surface area contributed by atoms with Crippen LogP contribution in [0.5, 0.6) is 0 Å². The maximum absolute atomic E-state index is 13.0. The molecule has 1 aromatic carbocycles. The molecule has 11 heteroatoms. The lowest BCUT2D eigenvalue weighted by molar-refractivity contribution is -0.116. The fourth-order valence-electron chi connectivity index (χ4n) is 4.22. The molecule has 1 amide bonds. The third kappa shape index (κ3) is 5.95. The lowest BCUT2D eigenvalue weighted by atomic mass is 10.1. The Hall–Kier alpha value is -4.25. The SMILES string of the molecule is C=CCn1c(=O)c2cnc(Nc3ccc(N4CCC(N)CC4)cc3)nc2n1C(=N)/C=C\C(=O)NC(C)C. The van der Waals surface area contributed by atoms with E-state index in [1.807, 2.05) is 38.1 Å². The van der Waals surface area contributed by atoms with Gasteiger partial charge in [0.2, 0.25) is 11.9 Å². The number of carbonyl (C=O) groups excluding carboxylic acids is 1. The van der Waals surface area contributed by atoms with Crippen molar-refractivity contribution in [3.63, 3.8) is 0 Å². The Morgan fingerprint density at radius 3 is 2.59 bits per heavy atom. The molecule has 37 heavy (non-hydrogen) atoms. The van der Waals surface area contributed by atoms with Crippen LogP contribution in [0.2, 0.25) is 0 Å². The topological polar surface area (TPSA) is 147 Å². The molecule has 0 aliphatic carbocycles. The van der Waals surface area contributed by atoms with Crippen molar-refractivity contribution in [2.45, 2.75) is 45.3 Å². The number of piperidine rings is 1. The van der Waals surface area contributed by atoms with Crippen LogP contribution in [0.3, 0.4) is 0 Å². The van der Waals surface area contributed by atoms with Crippen LogP contribution in [-0.4, -0.2) is 56.2 Å². The van der Waals surface area contributed by atoms with E-state index in [0.717, 1.165) is 37.3 Å². The average Bonchev–Trinajstić information content (AvgIpc) is 3.14. The maximum Gasteiger partial charge on any atom is 0.278 e. The summed E-state index contributed by atoms with van der Waals surface area (Å²) < 4.78 is 2.69. The van der Waals surface area contributed by atoms with Gasteiger partial charge in [-0.2, -0.15) is 4.98 Å². The molecule has 1 aliphatic rings. The number of aromatic nitrogens is 4. The molecule has 0 radical (unpaired) electrons. The summed E-state index contributed by atoms with van der Waals surface area (Å²) in [5, 5.41) is 14.7. The summed E-state index contributed by atoms with van der Waals surface area (Å²) >= 11 is 0. The van der Waals surface area contributed by atoms with Crippen LogP contribution in [0.1, 0.15) is 26.7 Å². The van der Waals surface area contributed by atoms with Gasteiger partial charge in [-0.15, -0.1) is 6.58 Å². The van der Waals surface area contributed by atoms with Gasteiger partial charge in [0.15, 0.2) is 5.65 Å². The number of nitrogens with zero attached hydrogens (tertiary/aromatic N) is 5. The van der Waals surface area contributed by atoms with Crippen LogP contribution in [0.4, 0.5) is 17.3 Å². The summed E-state index contributed by atoms with van der Waals surface area (Å²) in [6.45, 7) is 9.44. The van der Waals surface area contributed by atoms with Crippen molar-refractivity contribution >= 4 is 40.1 Å².